The first kappa shape index (κ1) is 17.4. The Hall–Kier alpha value is -2.43. The van der Waals surface area contributed by atoms with Crippen molar-refractivity contribution in [3.8, 4) is 16.9 Å². The summed E-state index contributed by atoms with van der Waals surface area (Å²) in [6.45, 7) is 3.76. The van der Waals surface area contributed by atoms with E-state index in [9.17, 15) is 13.6 Å². The summed E-state index contributed by atoms with van der Waals surface area (Å²) in [5.74, 6) is -2.22. The summed E-state index contributed by atoms with van der Waals surface area (Å²) in [6, 6.07) is 13.0. The van der Waals surface area contributed by atoms with Gasteiger partial charge in [-0.2, -0.15) is 0 Å². The Kier molecular flexibility index (Phi) is 4.75. The number of hydrogen-bond donors (Lipinski definition) is 0. The van der Waals surface area contributed by atoms with Gasteiger partial charge >= 0.3 is 0 Å². The molecule has 1 heterocycles. The molecule has 3 rings (SSSR count). The van der Waals surface area contributed by atoms with Crippen molar-refractivity contribution in [1.82, 2.24) is 4.90 Å². The fourth-order valence-electron chi connectivity index (χ4n) is 2.85. The molecule has 0 radical (unpaired) electrons. The van der Waals surface area contributed by atoms with E-state index in [1.165, 1.54) is 4.90 Å². The minimum Gasteiger partial charge on any atom is -0.493 e. The van der Waals surface area contributed by atoms with Crippen LogP contribution in [-0.4, -0.2) is 36.4 Å². The number of nitrogens with zero attached hydrogens (tertiary/aromatic N) is 1. The minimum absolute atomic E-state index is 0.350. The molecule has 1 saturated heterocycles. The molecule has 132 valence electrons. The van der Waals surface area contributed by atoms with Crippen molar-refractivity contribution in [1.29, 1.82) is 0 Å². The largest absolute Gasteiger partial charge is 0.493 e. The summed E-state index contributed by atoms with van der Waals surface area (Å²) in [5, 5.41) is 0. The zero-order chi connectivity index (χ0) is 18.0. The summed E-state index contributed by atoms with van der Waals surface area (Å²) in [5.41, 5.74) is 3.47. The highest BCUT2D eigenvalue weighted by atomic mass is 19.3. The van der Waals surface area contributed by atoms with Crippen LogP contribution in [0.4, 0.5) is 8.78 Å². The molecule has 0 atom stereocenters. The smallest absolute Gasteiger partial charge is 0.282 e. The van der Waals surface area contributed by atoms with Gasteiger partial charge in [-0.25, -0.2) is 8.78 Å². The van der Waals surface area contributed by atoms with E-state index in [1.54, 1.807) is 12.1 Å². The lowest BCUT2D eigenvalue weighted by molar-refractivity contribution is -0.113. The van der Waals surface area contributed by atoms with Crippen LogP contribution in [0.2, 0.25) is 0 Å². The number of hydrogen-bond acceptors (Lipinski definition) is 2. The van der Waals surface area contributed by atoms with Crippen LogP contribution in [0.1, 0.15) is 29.3 Å². The van der Waals surface area contributed by atoms with Crippen LogP contribution >= 0.6 is 0 Å². The molecule has 0 bridgehead atoms. The van der Waals surface area contributed by atoms with Gasteiger partial charge in [-0.05, 0) is 54.3 Å². The van der Waals surface area contributed by atoms with Crippen LogP contribution in [0, 0.1) is 6.92 Å². The third kappa shape index (κ3) is 3.81. The van der Waals surface area contributed by atoms with E-state index in [1.807, 2.05) is 37.3 Å². The van der Waals surface area contributed by atoms with Crippen molar-refractivity contribution < 1.29 is 18.3 Å². The molecule has 0 N–H and O–H groups in total. The van der Waals surface area contributed by atoms with Gasteiger partial charge in [-0.15, -0.1) is 0 Å². The van der Waals surface area contributed by atoms with Crippen LogP contribution in [0.3, 0.4) is 0 Å². The summed E-state index contributed by atoms with van der Waals surface area (Å²) in [6.07, 6.45) is 0.958. The zero-order valence-corrected chi connectivity index (χ0v) is 14.4. The Morgan fingerprint density at radius 3 is 2.32 bits per heavy atom. The highest BCUT2D eigenvalue weighted by molar-refractivity contribution is 5.95. The van der Waals surface area contributed by atoms with Crippen molar-refractivity contribution in [2.75, 3.05) is 19.7 Å². The number of aryl methyl sites for hydroxylation is 1. The fraction of sp³-hybridized carbons (Fsp3) is 0.350. The van der Waals surface area contributed by atoms with Gasteiger partial charge in [-0.1, -0.05) is 25.1 Å². The summed E-state index contributed by atoms with van der Waals surface area (Å²) in [7, 11) is 0. The number of halogens is 2. The molecular weight excluding hydrogens is 324 g/mol. The number of carbonyl (C=O) groups excluding carboxylic acids is 1. The molecule has 1 aliphatic heterocycles. The van der Waals surface area contributed by atoms with Gasteiger partial charge in [0.15, 0.2) is 0 Å². The molecule has 25 heavy (non-hydrogen) atoms. The summed E-state index contributed by atoms with van der Waals surface area (Å²) < 4.78 is 31.5. The molecule has 0 aliphatic carbocycles. The molecule has 0 saturated carbocycles. The lowest BCUT2D eigenvalue weighted by atomic mass is 10.0. The average Bonchev–Trinajstić information content (AvgIpc) is 2.58. The molecule has 0 spiro atoms. The van der Waals surface area contributed by atoms with Crippen LogP contribution in [0.25, 0.3) is 11.1 Å². The highest BCUT2D eigenvalue weighted by Crippen LogP contribution is 2.29. The topological polar surface area (TPSA) is 29.5 Å². The molecule has 2 aromatic carbocycles. The zero-order valence-electron chi connectivity index (χ0n) is 14.4. The van der Waals surface area contributed by atoms with Gasteiger partial charge in [0.2, 0.25) is 0 Å². The number of ether oxygens (including phenoxy) is 1. The Morgan fingerprint density at radius 2 is 1.76 bits per heavy atom. The molecule has 0 aromatic heterocycles. The van der Waals surface area contributed by atoms with Gasteiger partial charge < -0.3 is 9.64 Å². The minimum atomic E-state index is -2.74. The van der Waals surface area contributed by atoms with E-state index in [-0.39, 0.29) is 5.91 Å². The Labute approximate surface area is 146 Å². The lowest BCUT2D eigenvalue weighted by Gasteiger charge is -2.38. The second-order valence-corrected chi connectivity index (χ2v) is 6.42. The van der Waals surface area contributed by atoms with Gasteiger partial charge in [0.1, 0.15) is 5.75 Å². The van der Waals surface area contributed by atoms with E-state index in [4.69, 9.17) is 4.74 Å². The van der Waals surface area contributed by atoms with Crippen LogP contribution < -0.4 is 4.74 Å². The average molecular weight is 345 g/mol. The van der Waals surface area contributed by atoms with Crippen molar-refractivity contribution in [2.45, 2.75) is 26.2 Å². The number of carbonyl (C=O) groups is 1. The number of benzene rings is 2. The standard InChI is InChI=1S/C20H21F2NO2/c1-3-10-25-18-9-8-17(11-14(18)2)15-4-6-16(7-5-15)19(24)23-12-20(21,22)13-23/h4-9,11H,3,10,12-13H2,1-2H3. The Morgan fingerprint density at radius 1 is 1.12 bits per heavy atom. The van der Waals surface area contributed by atoms with Crippen LogP contribution in [-0.2, 0) is 0 Å². The monoisotopic (exact) mass is 345 g/mol. The fourth-order valence-corrected chi connectivity index (χ4v) is 2.85. The number of likely N-dealkylation sites (tertiary alicyclic amines) is 1. The molecule has 1 aliphatic rings. The first-order chi connectivity index (χ1) is 11.9. The Balaban J connectivity index is 1.72. The maximum Gasteiger partial charge on any atom is 0.282 e. The van der Waals surface area contributed by atoms with Crippen LogP contribution in [0.15, 0.2) is 42.5 Å². The number of amides is 1. The highest BCUT2D eigenvalue weighted by Gasteiger charge is 2.46. The Bertz CT molecular complexity index is 764. The van der Waals surface area contributed by atoms with E-state index >= 15 is 0 Å². The summed E-state index contributed by atoms with van der Waals surface area (Å²) >= 11 is 0. The number of rotatable bonds is 5. The van der Waals surface area contributed by atoms with Crippen LogP contribution in [0.5, 0.6) is 5.75 Å². The molecule has 2 aromatic rings. The maximum absolute atomic E-state index is 12.9. The molecule has 3 nitrogen and oxygen atoms in total. The second kappa shape index (κ2) is 6.82. The predicted octanol–water partition coefficient (Wildman–Crippen LogP) is 4.54. The predicted molar refractivity (Wildman–Crippen MR) is 93.3 cm³/mol. The SMILES string of the molecule is CCCOc1ccc(-c2ccc(C(=O)N3CC(F)(F)C3)cc2)cc1C. The van der Waals surface area contributed by atoms with Gasteiger partial charge in [-0.3, -0.25) is 4.79 Å². The van der Waals surface area contributed by atoms with Crippen molar-refractivity contribution >= 4 is 5.91 Å². The van der Waals surface area contributed by atoms with Gasteiger partial charge in [0.25, 0.3) is 11.8 Å². The van der Waals surface area contributed by atoms with E-state index in [2.05, 4.69) is 6.92 Å². The third-order valence-corrected chi connectivity index (χ3v) is 4.23. The maximum atomic E-state index is 12.9. The molecule has 1 fully saturated rings. The third-order valence-electron chi connectivity index (χ3n) is 4.23. The first-order valence-electron chi connectivity index (χ1n) is 8.40. The van der Waals surface area contributed by atoms with Gasteiger partial charge in [0.05, 0.1) is 19.7 Å². The molecule has 0 unspecified atom stereocenters. The molecule has 5 heteroatoms. The lowest BCUT2D eigenvalue weighted by Crippen LogP contribution is -2.58. The van der Waals surface area contributed by atoms with E-state index < -0.39 is 19.0 Å². The van der Waals surface area contributed by atoms with E-state index in [0.717, 1.165) is 28.9 Å². The second-order valence-electron chi connectivity index (χ2n) is 6.42. The molecule has 1 amide bonds. The number of alkyl halides is 2. The quantitative estimate of drug-likeness (QED) is 0.796. The first-order valence-corrected chi connectivity index (χ1v) is 8.40. The van der Waals surface area contributed by atoms with Crippen molar-refractivity contribution in [2.24, 2.45) is 0 Å². The van der Waals surface area contributed by atoms with E-state index in [0.29, 0.717) is 12.2 Å². The van der Waals surface area contributed by atoms with Crippen molar-refractivity contribution in [3.63, 3.8) is 0 Å². The molecular formula is C20H21F2NO2. The van der Waals surface area contributed by atoms with Crippen molar-refractivity contribution in [3.05, 3.63) is 53.6 Å². The normalized spacial score (nSPS) is 15.6. The summed E-state index contributed by atoms with van der Waals surface area (Å²) in [4.78, 5) is 13.3. The van der Waals surface area contributed by atoms with Gasteiger partial charge in [0, 0.05) is 5.56 Å².